The molecule has 0 aromatic heterocycles. The fourth-order valence-corrected chi connectivity index (χ4v) is 2.86. The summed E-state index contributed by atoms with van der Waals surface area (Å²) < 4.78 is 0. The zero-order valence-electron chi connectivity index (χ0n) is 14.5. The van der Waals surface area contributed by atoms with Gasteiger partial charge >= 0.3 is 5.97 Å². The standard InChI is InChI=1S/C16H34N2O2/c1-11(2)9-13(5)18(8)14(6)10-16(7,15(19)20)17-12(3)4/h11-14,17H,9-10H2,1-8H3,(H,19,20). The third-order valence-corrected chi connectivity index (χ3v) is 3.99. The fraction of sp³-hybridized carbons (Fsp3) is 0.938. The van der Waals surface area contributed by atoms with E-state index in [4.69, 9.17) is 0 Å². The Kier molecular flexibility index (Phi) is 7.74. The summed E-state index contributed by atoms with van der Waals surface area (Å²) in [7, 11) is 2.09. The highest BCUT2D eigenvalue weighted by molar-refractivity contribution is 5.78. The molecule has 0 aliphatic heterocycles. The van der Waals surface area contributed by atoms with Crippen LogP contribution in [0, 0.1) is 5.92 Å². The molecule has 4 nitrogen and oxygen atoms in total. The number of carbonyl (C=O) groups is 1. The van der Waals surface area contributed by atoms with Gasteiger partial charge in [0.1, 0.15) is 5.54 Å². The van der Waals surface area contributed by atoms with Gasteiger partial charge in [-0.15, -0.1) is 0 Å². The molecule has 0 rings (SSSR count). The van der Waals surface area contributed by atoms with Gasteiger partial charge in [0, 0.05) is 18.1 Å². The number of hydrogen-bond acceptors (Lipinski definition) is 3. The lowest BCUT2D eigenvalue weighted by Crippen LogP contribution is -2.56. The highest BCUT2D eigenvalue weighted by Gasteiger charge is 2.36. The minimum absolute atomic E-state index is 0.154. The Hall–Kier alpha value is -0.610. The quantitative estimate of drug-likeness (QED) is 0.684. The Labute approximate surface area is 124 Å². The van der Waals surface area contributed by atoms with Gasteiger partial charge in [-0.1, -0.05) is 13.8 Å². The van der Waals surface area contributed by atoms with Crippen LogP contribution in [0.1, 0.15) is 61.3 Å². The summed E-state index contributed by atoms with van der Waals surface area (Å²) in [5.74, 6) is -0.123. The van der Waals surface area contributed by atoms with Crippen LogP contribution < -0.4 is 5.32 Å². The van der Waals surface area contributed by atoms with Crippen molar-refractivity contribution in [1.82, 2.24) is 10.2 Å². The zero-order valence-corrected chi connectivity index (χ0v) is 14.5. The first-order chi connectivity index (χ1) is 8.99. The van der Waals surface area contributed by atoms with Crippen molar-refractivity contribution in [2.45, 2.75) is 85.0 Å². The van der Waals surface area contributed by atoms with E-state index in [0.29, 0.717) is 18.4 Å². The summed E-state index contributed by atoms with van der Waals surface area (Å²) in [6, 6.07) is 0.833. The average molecular weight is 286 g/mol. The van der Waals surface area contributed by atoms with Crippen molar-refractivity contribution < 1.29 is 9.90 Å². The molecule has 0 radical (unpaired) electrons. The Morgan fingerprint density at radius 1 is 1.15 bits per heavy atom. The first-order valence-electron chi connectivity index (χ1n) is 7.72. The summed E-state index contributed by atoms with van der Waals surface area (Å²) in [5, 5.41) is 12.7. The lowest BCUT2D eigenvalue weighted by Gasteiger charge is -2.37. The molecular formula is C16H34N2O2. The van der Waals surface area contributed by atoms with E-state index in [1.807, 2.05) is 13.8 Å². The van der Waals surface area contributed by atoms with Gasteiger partial charge in [0.2, 0.25) is 0 Å². The van der Waals surface area contributed by atoms with E-state index in [-0.39, 0.29) is 12.1 Å². The maximum absolute atomic E-state index is 11.6. The van der Waals surface area contributed by atoms with Crippen LogP contribution >= 0.6 is 0 Å². The van der Waals surface area contributed by atoms with Crippen molar-refractivity contribution in [1.29, 1.82) is 0 Å². The van der Waals surface area contributed by atoms with Crippen LogP contribution in [0.25, 0.3) is 0 Å². The predicted molar refractivity (Wildman–Crippen MR) is 85.1 cm³/mol. The van der Waals surface area contributed by atoms with Crippen LogP contribution in [-0.2, 0) is 4.79 Å². The van der Waals surface area contributed by atoms with E-state index in [1.165, 1.54) is 0 Å². The van der Waals surface area contributed by atoms with Crippen LogP contribution in [0.15, 0.2) is 0 Å². The minimum Gasteiger partial charge on any atom is -0.480 e. The van der Waals surface area contributed by atoms with Crippen LogP contribution in [0.3, 0.4) is 0 Å². The van der Waals surface area contributed by atoms with Gasteiger partial charge in [0.05, 0.1) is 0 Å². The summed E-state index contributed by atoms with van der Waals surface area (Å²) >= 11 is 0. The molecule has 0 spiro atoms. The van der Waals surface area contributed by atoms with E-state index < -0.39 is 11.5 Å². The maximum atomic E-state index is 11.6. The monoisotopic (exact) mass is 286 g/mol. The lowest BCUT2D eigenvalue weighted by molar-refractivity contribution is -0.145. The molecule has 0 saturated heterocycles. The third-order valence-electron chi connectivity index (χ3n) is 3.99. The van der Waals surface area contributed by atoms with Crippen molar-refractivity contribution in [3.63, 3.8) is 0 Å². The maximum Gasteiger partial charge on any atom is 0.323 e. The van der Waals surface area contributed by atoms with Crippen molar-refractivity contribution in [3.05, 3.63) is 0 Å². The van der Waals surface area contributed by atoms with Crippen molar-refractivity contribution in [2.24, 2.45) is 5.92 Å². The lowest BCUT2D eigenvalue weighted by atomic mass is 9.91. The normalized spacial score (nSPS) is 18.4. The fourth-order valence-electron chi connectivity index (χ4n) is 2.86. The smallest absolute Gasteiger partial charge is 0.323 e. The number of nitrogens with one attached hydrogen (secondary N) is 1. The molecule has 0 aromatic rings. The van der Waals surface area contributed by atoms with Gasteiger partial charge in [-0.3, -0.25) is 10.1 Å². The number of rotatable bonds is 9. The van der Waals surface area contributed by atoms with E-state index in [2.05, 4.69) is 45.0 Å². The van der Waals surface area contributed by atoms with Crippen LogP contribution in [0.5, 0.6) is 0 Å². The molecule has 0 aliphatic carbocycles. The SMILES string of the molecule is CC(C)CC(C)N(C)C(C)CC(C)(NC(C)C)C(=O)O. The van der Waals surface area contributed by atoms with Crippen LogP contribution in [-0.4, -0.2) is 46.7 Å². The van der Waals surface area contributed by atoms with Crippen molar-refractivity contribution in [3.8, 4) is 0 Å². The highest BCUT2D eigenvalue weighted by Crippen LogP contribution is 2.20. The van der Waals surface area contributed by atoms with Crippen molar-refractivity contribution in [2.75, 3.05) is 7.05 Å². The van der Waals surface area contributed by atoms with Crippen molar-refractivity contribution >= 4 is 5.97 Å². The Morgan fingerprint density at radius 3 is 2.00 bits per heavy atom. The van der Waals surface area contributed by atoms with Gasteiger partial charge in [0.25, 0.3) is 0 Å². The molecule has 0 aromatic carbocycles. The second-order valence-electron chi connectivity index (χ2n) is 7.13. The molecule has 4 heteroatoms. The van der Waals surface area contributed by atoms with Gasteiger partial charge in [-0.05, 0) is 60.4 Å². The Balaban J connectivity index is 4.75. The highest BCUT2D eigenvalue weighted by atomic mass is 16.4. The summed E-state index contributed by atoms with van der Waals surface area (Å²) in [6.45, 7) is 14.5. The number of nitrogens with zero attached hydrogens (tertiary/aromatic N) is 1. The predicted octanol–water partition coefficient (Wildman–Crippen LogP) is 2.97. The summed E-state index contributed by atoms with van der Waals surface area (Å²) in [5.41, 5.74) is -0.876. The first kappa shape index (κ1) is 19.4. The molecular weight excluding hydrogens is 252 g/mol. The number of hydrogen-bond donors (Lipinski definition) is 2. The van der Waals surface area contributed by atoms with Crippen LogP contribution in [0.2, 0.25) is 0 Å². The van der Waals surface area contributed by atoms with Gasteiger partial charge in [-0.25, -0.2) is 0 Å². The molecule has 0 fully saturated rings. The Morgan fingerprint density at radius 2 is 1.65 bits per heavy atom. The molecule has 0 amide bonds. The largest absolute Gasteiger partial charge is 0.480 e. The van der Waals surface area contributed by atoms with E-state index in [0.717, 1.165) is 6.42 Å². The van der Waals surface area contributed by atoms with Gasteiger partial charge in [0.15, 0.2) is 0 Å². The number of aliphatic carboxylic acids is 1. The summed E-state index contributed by atoms with van der Waals surface area (Å²) in [6.07, 6.45) is 1.72. The molecule has 0 saturated carbocycles. The topological polar surface area (TPSA) is 52.6 Å². The van der Waals surface area contributed by atoms with Crippen LogP contribution in [0.4, 0.5) is 0 Å². The molecule has 0 aliphatic rings. The van der Waals surface area contributed by atoms with E-state index in [1.54, 1.807) is 6.92 Å². The number of carboxylic acid groups (broad SMARTS) is 1. The molecule has 120 valence electrons. The molecule has 2 N–H and O–H groups in total. The first-order valence-corrected chi connectivity index (χ1v) is 7.72. The molecule has 3 atom stereocenters. The average Bonchev–Trinajstić information content (AvgIpc) is 2.25. The van der Waals surface area contributed by atoms with E-state index >= 15 is 0 Å². The van der Waals surface area contributed by atoms with E-state index in [9.17, 15) is 9.90 Å². The second kappa shape index (κ2) is 7.99. The molecule has 3 unspecified atom stereocenters. The molecule has 0 bridgehead atoms. The Bertz CT molecular complexity index is 305. The van der Waals surface area contributed by atoms with Gasteiger partial charge in [-0.2, -0.15) is 0 Å². The zero-order chi connectivity index (χ0) is 16.1. The molecule has 20 heavy (non-hydrogen) atoms. The number of carboxylic acids is 1. The minimum atomic E-state index is -0.876. The summed E-state index contributed by atoms with van der Waals surface area (Å²) in [4.78, 5) is 13.9. The molecule has 0 heterocycles. The second-order valence-corrected chi connectivity index (χ2v) is 7.13. The third kappa shape index (κ3) is 6.23. The van der Waals surface area contributed by atoms with Gasteiger partial charge < -0.3 is 10.0 Å².